The number of rotatable bonds is 2. The first-order valence-electron chi connectivity index (χ1n) is 5.41. The lowest BCUT2D eigenvalue weighted by atomic mass is 9.74. The predicted octanol–water partition coefficient (Wildman–Crippen LogP) is 3.42. The van der Waals surface area contributed by atoms with Crippen LogP contribution in [-0.4, -0.2) is 19.8 Å². The Kier molecular flexibility index (Phi) is 5.55. The minimum absolute atomic E-state index is 0. The topological polar surface area (TPSA) is 35.2 Å². The number of nitrogens with two attached hydrogens (primary N) is 1. The maximum absolute atomic E-state index is 6.25. The van der Waals surface area contributed by atoms with Gasteiger partial charge in [0.25, 0.3) is 0 Å². The summed E-state index contributed by atoms with van der Waals surface area (Å²) >= 11 is 12.2. The molecule has 1 heterocycles. The second kappa shape index (κ2) is 6.26. The standard InChI is InChI=1S/C12H15Cl2NO.ClH/c13-9-1-2-10(11(14)7-9)12(8-15)3-5-16-6-4-12;/h1-2,7H,3-6,8,15H2;1H. The molecule has 0 aromatic heterocycles. The molecule has 5 heteroatoms. The molecule has 0 saturated carbocycles. The van der Waals surface area contributed by atoms with Gasteiger partial charge in [0.2, 0.25) is 0 Å². The molecule has 1 aromatic rings. The first-order valence-corrected chi connectivity index (χ1v) is 6.17. The number of benzene rings is 1. The molecule has 17 heavy (non-hydrogen) atoms. The zero-order chi connectivity index (χ0) is 11.6. The zero-order valence-electron chi connectivity index (χ0n) is 9.42. The van der Waals surface area contributed by atoms with Gasteiger partial charge in [0.05, 0.1) is 0 Å². The van der Waals surface area contributed by atoms with Crippen LogP contribution in [-0.2, 0) is 10.2 Å². The Balaban J connectivity index is 0.00000144. The molecule has 2 rings (SSSR count). The molecule has 2 nitrogen and oxygen atoms in total. The molecular formula is C12H16Cl3NO. The number of hydrogen-bond acceptors (Lipinski definition) is 2. The van der Waals surface area contributed by atoms with Gasteiger partial charge < -0.3 is 10.5 Å². The van der Waals surface area contributed by atoms with Crippen molar-refractivity contribution in [1.29, 1.82) is 0 Å². The number of ether oxygens (including phenoxy) is 1. The summed E-state index contributed by atoms with van der Waals surface area (Å²) in [6, 6.07) is 5.64. The third kappa shape index (κ3) is 3.07. The van der Waals surface area contributed by atoms with Crippen LogP contribution in [0.1, 0.15) is 18.4 Å². The highest BCUT2D eigenvalue weighted by atomic mass is 35.5. The van der Waals surface area contributed by atoms with Crippen molar-refractivity contribution in [3.05, 3.63) is 33.8 Å². The molecule has 96 valence electrons. The molecule has 0 amide bonds. The zero-order valence-corrected chi connectivity index (χ0v) is 11.7. The summed E-state index contributed by atoms with van der Waals surface area (Å²) in [6.45, 7) is 2.09. The summed E-state index contributed by atoms with van der Waals surface area (Å²) in [5, 5.41) is 1.37. The molecule has 2 N–H and O–H groups in total. The van der Waals surface area contributed by atoms with Crippen LogP contribution < -0.4 is 5.73 Å². The molecule has 0 aliphatic carbocycles. The van der Waals surface area contributed by atoms with Crippen molar-refractivity contribution < 1.29 is 4.74 Å². The summed E-state index contributed by atoms with van der Waals surface area (Å²) in [5.41, 5.74) is 6.99. The van der Waals surface area contributed by atoms with Crippen LogP contribution in [0.5, 0.6) is 0 Å². The average molecular weight is 297 g/mol. The van der Waals surface area contributed by atoms with E-state index in [2.05, 4.69) is 0 Å². The summed E-state index contributed by atoms with van der Waals surface area (Å²) in [6.07, 6.45) is 1.84. The van der Waals surface area contributed by atoms with Crippen molar-refractivity contribution in [3.8, 4) is 0 Å². The van der Waals surface area contributed by atoms with Crippen LogP contribution >= 0.6 is 35.6 Å². The molecule has 0 spiro atoms. The van der Waals surface area contributed by atoms with Gasteiger partial charge in [-0.3, -0.25) is 0 Å². The Morgan fingerprint density at radius 3 is 2.41 bits per heavy atom. The molecule has 0 radical (unpaired) electrons. The first kappa shape index (κ1) is 15.1. The number of hydrogen-bond donors (Lipinski definition) is 1. The van der Waals surface area contributed by atoms with E-state index < -0.39 is 0 Å². The van der Waals surface area contributed by atoms with Gasteiger partial charge in [0.1, 0.15) is 0 Å². The Morgan fingerprint density at radius 1 is 1.24 bits per heavy atom. The summed E-state index contributed by atoms with van der Waals surface area (Å²) < 4.78 is 5.39. The van der Waals surface area contributed by atoms with E-state index in [4.69, 9.17) is 33.7 Å². The van der Waals surface area contributed by atoms with E-state index in [9.17, 15) is 0 Å². The minimum Gasteiger partial charge on any atom is -0.381 e. The minimum atomic E-state index is -0.0417. The molecule has 0 unspecified atom stereocenters. The Morgan fingerprint density at radius 2 is 1.88 bits per heavy atom. The molecule has 0 bridgehead atoms. The van der Waals surface area contributed by atoms with Crippen LogP contribution in [0, 0.1) is 0 Å². The van der Waals surface area contributed by atoms with Crippen LogP contribution in [0.3, 0.4) is 0 Å². The van der Waals surface area contributed by atoms with Crippen molar-refractivity contribution in [3.63, 3.8) is 0 Å². The molecular weight excluding hydrogens is 280 g/mol. The van der Waals surface area contributed by atoms with Gasteiger partial charge in [0, 0.05) is 35.2 Å². The van der Waals surface area contributed by atoms with Gasteiger partial charge in [-0.05, 0) is 30.5 Å². The second-order valence-electron chi connectivity index (χ2n) is 4.22. The highest BCUT2D eigenvalue weighted by Gasteiger charge is 2.34. The lowest BCUT2D eigenvalue weighted by molar-refractivity contribution is 0.0530. The van der Waals surface area contributed by atoms with Gasteiger partial charge in [-0.15, -0.1) is 12.4 Å². The third-order valence-corrected chi connectivity index (χ3v) is 3.89. The molecule has 1 aliphatic rings. The monoisotopic (exact) mass is 295 g/mol. The summed E-state index contributed by atoms with van der Waals surface area (Å²) in [5.74, 6) is 0. The van der Waals surface area contributed by atoms with Crippen LogP contribution in [0.15, 0.2) is 18.2 Å². The van der Waals surface area contributed by atoms with Crippen LogP contribution in [0.2, 0.25) is 10.0 Å². The molecule has 0 atom stereocenters. The number of halogens is 3. The van der Waals surface area contributed by atoms with Gasteiger partial charge >= 0.3 is 0 Å². The van der Waals surface area contributed by atoms with Crippen LogP contribution in [0.4, 0.5) is 0 Å². The van der Waals surface area contributed by atoms with Crippen molar-refractivity contribution in [2.75, 3.05) is 19.8 Å². The average Bonchev–Trinajstić information content (AvgIpc) is 2.30. The molecule has 1 saturated heterocycles. The van der Waals surface area contributed by atoms with E-state index in [1.807, 2.05) is 12.1 Å². The summed E-state index contributed by atoms with van der Waals surface area (Å²) in [7, 11) is 0. The molecule has 1 aliphatic heterocycles. The van der Waals surface area contributed by atoms with Crippen molar-refractivity contribution in [2.24, 2.45) is 5.73 Å². The summed E-state index contributed by atoms with van der Waals surface area (Å²) in [4.78, 5) is 0. The largest absolute Gasteiger partial charge is 0.381 e. The second-order valence-corrected chi connectivity index (χ2v) is 5.06. The van der Waals surface area contributed by atoms with Gasteiger partial charge in [0.15, 0.2) is 0 Å². The van der Waals surface area contributed by atoms with Crippen molar-refractivity contribution in [1.82, 2.24) is 0 Å². The SMILES string of the molecule is Cl.NCC1(c2ccc(Cl)cc2Cl)CCOCC1. The Hall–Kier alpha value is 0.01000. The first-order chi connectivity index (χ1) is 7.68. The third-order valence-electron chi connectivity index (χ3n) is 3.34. The fourth-order valence-corrected chi connectivity index (χ4v) is 2.87. The van der Waals surface area contributed by atoms with E-state index in [1.54, 1.807) is 6.07 Å². The molecule has 1 fully saturated rings. The van der Waals surface area contributed by atoms with Gasteiger partial charge in [-0.1, -0.05) is 29.3 Å². The van der Waals surface area contributed by atoms with E-state index in [-0.39, 0.29) is 17.8 Å². The smallest absolute Gasteiger partial charge is 0.0475 e. The van der Waals surface area contributed by atoms with Crippen molar-refractivity contribution in [2.45, 2.75) is 18.3 Å². The van der Waals surface area contributed by atoms with E-state index in [0.29, 0.717) is 16.6 Å². The quantitative estimate of drug-likeness (QED) is 0.907. The Labute approximate surface area is 118 Å². The highest BCUT2D eigenvalue weighted by molar-refractivity contribution is 6.35. The van der Waals surface area contributed by atoms with Crippen molar-refractivity contribution >= 4 is 35.6 Å². The van der Waals surface area contributed by atoms with E-state index >= 15 is 0 Å². The van der Waals surface area contributed by atoms with Crippen LogP contribution in [0.25, 0.3) is 0 Å². The lowest BCUT2D eigenvalue weighted by Gasteiger charge is -2.37. The van der Waals surface area contributed by atoms with E-state index in [1.165, 1.54) is 0 Å². The fourth-order valence-electron chi connectivity index (χ4n) is 2.27. The maximum atomic E-state index is 6.25. The van der Waals surface area contributed by atoms with Gasteiger partial charge in [-0.2, -0.15) is 0 Å². The van der Waals surface area contributed by atoms with Gasteiger partial charge in [-0.25, -0.2) is 0 Å². The fraction of sp³-hybridized carbons (Fsp3) is 0.500. The lowest BCUT2D eigenvalue weighted by Crippen LogP contribution is -2.40. The molecule has 1 aromatic carbocycles. The predicted molar refractivity (Wildman–Crippen MR) is 74.5 cm³/mol. The highest BCUT2D eigenvalue weighted by Crippen LogP contribution is 2.38. The maximum Gasteiger partial charge on any atom is 0.0475 e. The van der Waals surface area contributed by atoms with E-state index in [0.717, 1.165) is 31.6 Å². The normalized spacial score (nSPS) is 18.5. The Bertz CT molecular complexity index is 378.